The summed E-state index contributed by atoms with van der Waals surface area (Å²) in [6.07, 6.45) is 1.79. The van der Waals surface area contributed by atoms with Gasteiger partial charge in [-0.2, -0.15) is 5.26 Å². The summed E-state index contributed by atoms with van der Waals surface area (Å²) < 4.78 is 5.74. The van der Waals surface area contributed by atoms with E-state index >= 15 is 0 Å². The molecule has 1 N–H and O–H groups in total. The standard InChI is InChI=1S/C27H17Cl3IN3O3/c1-37-27(36)23(34-26(35)24-21(29)11-16(31)12-22(24)30)10-15-5-7-19(25-17(15)3-2-8-33-25)18-6-4-14(13-32)9-20(18)28/h2-9,11-12,23H,10H2,1H3,(H,34,35)/t23-/m0/s1. The molecule has 0 aliphatic heterocycles. The van der Waals surface area contributed by atoms with Crippen molar-refractivity contribution in [1.82, 2.24) is 10.3 Å². The zero-order valence-corrected chi connectivity index (χ0v) is 23.6. The molecular weight excluding hydrogens is 648 g/mol. The predicted octanol–water partition coefficient (Wildman–Crippen LogP) is 6.85. The van der Waals surface area contributed by atoms with Crippen molar-refractivity contribution >= 4 is 80.2 Å². The van der Waals surface area contributed by atoms with Crippen LogP contribution in [0.3, 0.4) is 0 Å². The van der Waals surface area contributed by atoms with Crippen LogP contribution in [0.5, 0.6) is 0 Å². The number of carbonyl (C=O) groups excluding carboxylic acids is 2. The normalized spacial score (nSPS) is 11.6. The SMILES string of the molecule is COC(=O)[C@H](Cc1ccc(-c2ccc(C#N)cc2Cl)c2ncccc12)NC(=O)c1c(Cl)cc(I)cc1Cl. The zero-order valence-electron chi connectivity index (χ0n) is 19.2. The number of pyridine rings is 1. The van der Waals surface area contributed by atoms with Gasteiger partial charge in [0.15, 0.2) is 0 Å². The fourth-order valence-corrected chi connectivity index (χ4v) is 5.91. The Balaban J connectivity index is 1.72. The molecule has 0 saturated carbocycles. The number of hydrogen-bond donors (Lipinski definition) is 1. The van der Waals surface area contributed by atoms with Crippen molar-refractivity contribution in [2.75, 3.05) is 7.11 Å². The molecule has 4 rings (SSSR count). The number of aromatic nitrogens is 1. The average Bonchev–Trinajstić information content (AvgIpc) is 2.87. The lowest BCUT2D eigenvalue weighted by Crippen LogP contribution is -2.43. The fourth-order valence-electron chi connectivity index (χ4n) is 3.98. The summed E-state index contributed by atoms with van der Waals surface area (Å²) in [5, 5.41) is 13.4. The second-order valence-electron chi connectivity index (χ2n) is 7.98. The lowest BCUT2D eigenvalue weighted by Gasteiger charge is -2.19. The minimum atomic E-state index is -1.02. The Hall–Kier alpha value is -2.90. The second kappa shape index (κ2) is 11.7. The molecule has 3 aromatic carbocycles. The van der Waals surface area contributed by atoms with E-state index in [-0.39, 0.29) is 22.0 Å². The van der Waals surface area contributed by atoms with Crippen molar-refractivity contribution < 1.29 is 14.3 Å². The van der Waals surface area contributed by atoms with E-state index in [0.717, 1.165) is 25.6 Å². The Morgan fingerprint density at radius 1 is 1.05 bits per heavy atom. The van der Waals surface area contributed by atoms with Crippen LogP contribution >= 0.6 is 57.4 Å². The minimum Gasteiger partial charge on any atom is -0.467 e. The van der Waals surface area contributed by atoms with E-state index in [1.165, 1.54) is 7.11 Å². The minimum absolute atomic E-state index is 0.0787. The molecule has 4 aromatic rings. The second-order valence-corrected chi connectivity index (χ2v) is 10.4. The summed E-state index contributed by atoms with van der Waals surface area (Å²) in [7, 11) is 1.25. The molecule has 0 saturated heterocycles. The average molecular weight is 665 g/mol. The van der Waals surface area contributed by atoms with Crippen LogP contribution in [0.25, 0.3) is 22.0 Å². The Kier molecular flexibility index (Phi) is 8.55. The first-order chi connectivity index (χ1) is 17.7. The van der Waals surface area contributed by atoms with Gasteiger partial charge in [0.2, 0.25) is 0 Å². The molecule has 1 aromatic heterocycles. The maximum Gasteiger partial charge on any atom is 0.328 e. The van der Waals surface area contributed by atoms with E-state index < -0.39 is 17.9 Å². The largest absolute Gasteiger partial charge is 0.467 e. The number of esters is 1. The molecule has 0 radical (unpaired) electrons. The lowest BCUT2D eigenvalue weighted by molar-refractivity contribution is -0.142. The van der Waals surface area contributed by atoms with Crippen molar-refractivity contribution in [2.24, 2.45) is 0 Å². The number of amides is 1. The van der Waals surface area contributed by atoms with Crippen molar-refractivity contribution in [2.45, 2.75) is 12.5 Å². The van der Waals surface area contributed by atoms with E-state index in [0.29, 0.717) is 16.1 Å². The van der Waals surface area contributed by atoms with Crippen LogP contribution in [0.15, 0.2) is 60.8 Å². The smallest absolute Gasteiger partial charge is 0.328 e. The third-order valence-corrected chi connectivity index (χ3v) is 7.23. The van der Waals surface area contributed by atoms with Gasteiger partial charge < -0.3 is 10.1 Å². The van der Waals surface area contributed by atoms with Crippen molar-refractivity contribution in [3.63, 3.8) is 0 Å². The lowest BCUT2D eigenvalue weighted by atomic mass is 9.94. The molecule has 0 fully saturated rings. The first-order valence-electron chi connectivity index (χ1n) is 10.8. The van der Waals surface area contributed by atoms with Gasteiger partial charge >= 0.3 is 5.97 Å². The van der Waals surface area contributed by atoms with Crippen LogP contribution in [-0.2, 0) is 16.0 Å². The van der Waals surface area contributed by atoms with Crippen molar-refractivity contribution in [3.8, 4) is 17.2 Å². The number of halogens is 4. The van der Waals surface area contributed by atoms with E-state index in [2.05, 4.69) is 16.4 Å². The number of carbonyl (C=O) groups is 2. The van der Waals surface area contributed by atoms with Crippen LogP contribution < -0.4 is 5.32 Å². The fraction of sp³-hybridized carbons (Fsp3) is 0.111. The van der Waals surface area contributed by atoms with Gasteiger partial charge in [-0.15, -0.1) is 0 Å². The molecule has 186 valence electrons. The summed E-state index contributed by atoms with van der Waals surface area (Å²) in [5.41, 5.74) is 3.43. The molecule has 37 heavy (non-hydrogen) atoms. The van der Waals surface area contributed by atoms with Gasteiger partial charge in [-0.25, -0.2) is 4.79 Å². The number of hydrogen-bond acceptors (Lipinski definition) is 5. The van der Waals surface area contributed by atoms with Gasteiger partial charge in [0.1, 0.15) is 6.04 Å². The van der Waals surface area contributed by atoms with Gasteiger partial charge in [0, 0.05) is 37.7 Å². The van der Waals surface area contributed by atoms with Crippen molar-refractivity contribution in [1.29, 1.82) is 5.26 Å². The van der Waals surface area contributed by atoms with E-state index in [1.807, 2.05) is 40.8 Å². The molecule has 1 atom stereocenters. The van der Waals surface area contributed by atoms with Crippen LogP contribution in [0.2, 0.25) is 15.1 Å². The Morgan fingerprint density at radius 2 is 1.76 bits per heavy atom. The number of benzene rings is 3. The Bertz CT molecular complexity index is 1560. The van der Waals surface area contributed by atoms with Gasteiger partial charge in [0.05, 0.1) is 39.9 Å². The molecule has 10 heteroatoms. The van der Waals surface area contributed by atoms with Crippen LogP contribution in [-0.4, -0.2) is 30.0 Å². The number of nitrogens with one attached hydrogen (secondary N) is 1. The summed E-state index contributed by atoms with van der Waals surface area (Å²) in [6, 6.07) is 16.7. The molecular formula is C27H17Cl3IN3O3. The van der Waals surface area contributed by atoms with Crippen LogP contribution in [0.1, 0.15) is 21.5 Å². The highest BCUT2D eigenvalue weighted by molar-refractivity contribution is 14.1. The Labute approximate surface area is 241 Å². The van der Waals surface area contributed by atoms with E-state index in [1.54, 1.807) is 42.6 Å². The molecule has 0 unspecified atom stereocenters. The Morgan fingerprint density at radius 3 is 2.41 bits per heavy atom. The monoisotopic (exact) mass is 663 g/mol. The number of methoxy groups -OCH3 is 1. The van der Waals surface area contributed by atoms with Gasteiger partial charge in [0.25, 0.3) is 5.91 Å². The highest BCUT2D eigenvalue weighted by Gasteiger charge is 2.26. The van der Waals surface area contributed by atoms with E-state index in [9.17, 15) is 9.59 Å². The predicted molar refractivity (Wildman–Crippen MR) is 153 cm³/mol. The first-order valence-corrected chi connectivity index (χ1v) is 13.0. The zero-order chi connectivity index (χ0) is 26.7. The highest BCUT2D eigenvalue weighted by atomic mass is 127. The molecule has 0 bridgehead atoms. The number of nitriles is 1. The molecule has 0 spiro atoms. The molecule has 1 heterocycles. The summed E-state index contributed by atoms with van der Waals surface area (Å²) in [4.78, 5) is 30.3. The molecule has 6 nitrogen and oxygen atoms in total. The number of rotatable bonds is 6. The van der Waals surface area contributed by atoms with E-state index in [4.69, 9.17) is 44.8 Å². The van der Waals surface area contributed by atoms with Crippen LogP contribution in [0.4, 0.5) is 0 Å². The summed E-state index contributed by atoms with van der Waals surface area (Å²) in [6.45, 7) is 0. The number of nitrogens with zero attached hydrogens (tertiary/aromatic N) is 2. The highest BCUT2D eigenvalue weighted by Crippen LogP contribution is 2.35. The maximum absolute atomic E-state index is 13.1. The third kappa shape index (κ3) is 5.83. The molecule has 1 amide bonds. The number of ether oxygens (including phenoxy) is 1. The van der Waals surface area contributed by atoms with Gasteiger partial charge in [-0.1, -0.05) is 59.1 Å². The summed E-state index contributed by atoms with van der Waals surface area (Å²) >= 11 is 21.1. The van der Waals surface area contributed by atoms with Crippen molar-refractivity contribution in [3.05, 3.63) is 96.1 Å². The molecule has 0 aliphatic carbocycles. The maximum atomic E-state index is 13.1. The van der Waals surface area contributed by atoms with Crippen LogP contribution in [0, 0.1) is 14.9 Å². The van der Waals surface area contributed by atoms with Gasteiger partial charge in [-0.05, 0) is 58.5 Å². The van der Waals surface area contributed by atoms with Gasteiger partial charge in [-0.3, -0.25) is 9.78 Å². The first kappa shape index (κ1) is 27.1. The third-order valence-electron chi connectivity index (χ3n) is 5.70. The molecule has 0 aliphatic rings. The quantitative estimate of drug-likeness (QED) is 0.180. The topological polar surface area (TPSA) is 92.1 Å². The summed E-state index contributed by atoms with van der Waals surface area (Å²) in [5.74, 6) is -1.22. The number of fused-ring (bicyclic) bond motifs is 1.